The maximum absolute atomic E-state index is 13.4. The van der Waals surface area contributed by atoms with E-state index in [2.05, 4.69) is 5.43 Å². The third kappa shape index (κ3) is 2.66. The summed E-state index contributed by atoms with van der Waals surface area (Å²) in [6, 6.07) is 6.52. The lowest BCUT2D eigenvalue weighted by Gasteiger charge is -2.15. The van der Waals surface area contributed by atoms with Crippen molar-refractivity contribution in [1.29, 1.82) is 0 Å². The van der Waals surface area contributed by atoms with E-state index in [1.54, 1.807) is 17.4 Å². The summed E-state index contributed by atoms with van der Waals surface area (Å²) >= 11 is 7.29. The molecule has 0 saturated heterocycles. The molecular weight excluding hydrogens is 259 g/mol. The van der Waals surface area contributed by atoms with Gasteiger partial charge in [-0.2, -0.15) is 0 Å². The van der Waals surface area contributed by atoms with E-state index in [4.69, 9.17) is 17.4 Å². The summed E-state index contributed by atoms with van der Waals surface area (Å²) in [5.41, 5.74) is 4.47. The second kappa shape index (κ2) is 5.14. The molecular formula is C12H12ClFN2S. The van der Waals surface area contributed by atoms with Crippen LogP contribution in [0.3, 0.4) is 0 Å². The summed E-state index contributed by atoms with van der Waals surface area (Å²) in [5, 5.41) is 2.12. The lowest BCUT2D eigenvalue weighted by atomic mass is 10.0. The second-order valence-corrected chi connectivity index (χ2v) is 5.29. The zero-order valence-corrected chi connectivity index (χ0v) is 10.8. The van der Waals surface area contributed by atoms with Gasteiger partial charge in [0.05, 0.1) is 11.1 Å². The van der Waals surface area contributed by atoms with Crippen molar-refractivity contribution in [1.82, 2.24) is 5.43 Å². The van der Waals surface area contributed by atoms with E-state index < -0.39 is 5.82 Å². The molecule has 0 aliphatic heterocycles. The van der Waals surface area contributed by atoms with Crippen LogP contribution < -0.4 is 11.3 Å². The van der Waals surface area contributed by atoms with Gasteiger partial charge in [0.25, 0.3) is 0 Å². The average Bonchev–Trinajstić information content (AvgIpc) is 2.71. The van der Waals surface area contributed by atoms with Crippen molar-refractivity contribution >= 4 is 22.9 Å². The van der Waals surface area contributed by atoms with Gasteiger partial charge in [-0.3, -0.25) is 5.84 Å². The molecule has 1 unspecified atom stereocenters. The Bertz CT molecular complexity index is 527. The first-order valence-corrected chi connectivity index (χ1v) is 6.33. The first-order chi connectivity index (χ1) is 8.11. The first kappa shape index (κ1) is 12.5. The number of halogens is 2. The van der Waals surface area contributed by atoms with Crippen molar-refractivity contribution < 1.29 is 4.39 Å². The smallest absolute Gasteiger partial charge is 0.142 e. The van der Waals surface area contributed by atoms with Gasteiger partial charge in [0.1, 0.15) is 5.82 Å². The van der Waals surface area contributed by atoms with Crippen LogP contribution in [0.25, 0.3) is 0 Å². The summed E-state index contributed by atoms with van der Waals surface area (Å²) in [5.74, 6) is 5.10. The van der Waals surface area contributed by atoms with Gasteiger partial charge in [-0.1, -0.05) is 17.7 Å². The molecule has 1 aromatic heterocycles. The minimum absolute atomic E-state index is 0.117. The van der Waals surface area contributed by atoms with Crippen molar-refractivity contribution in [2.45, 2.75) is 13.0 Å². The number of hydrogen-bond acceptors (Lipinski definition) is 3. The Balaban J connectivity index is 2.38. The highest BCUT2D eigenvalue weighted by Gasteiger charge is 2.15. The molecule has 1 heterocycles. The van der Waals surface area contributed by atoms with E-state index in [-0.39, 0.29) is 11.1 Å². The fourth-order valence-corrected chi connectivity index (χ4v) is 2.54. The fourth-order valence-electron chi connectivity index (χ4n) is 1.69. The maximum atomic E-state index is 13.4. The van der Waals surface area contributed by atoms with Crippen molar-refractivity contribution in [3.8, 4) is 0 Å². The van der Waals surface area contributed by atoms with Gasteiger partial charge in [-0.15, -0.1) is 11.3 Å². The normalized spacial score (nSPS) is 12.7. The zero-order valence-electron chi connectivity index (χ0n) is 9.21. The summed E-state index contributed by atoms with van der Waals surface area (Å²) in [6.07, 6.45) is 0. The van der Waals surface area contributed by atoms with Crippen molar-refractivity contribution in [2.75, 3.05) is 0 Å². The number of nitrogens with two attached hydrogens (primary N) is 1. The maximum Gasteiger partial charge on any atom is 0.142 e. The Hall–Kier alpha value is -0.940. The molecule has 17 heavy (non-hydrogen) atoms. The molecule has 0 saturated carbocycles. The molecule has 1 aromatic carbocycles. The van der Waals surface area contributed by atoms with Crippen LogP contribution in [0.4, 0.5) is 4.39 Å². The largest absolute Gasteiger partial charge is 0.271 e. The SMILES string of the molecule is Cc1cc(C(NN)c2ccc(Cl)c(F)c2)cs1. The second-order valence-electron chi connectivity index (χ2n) is 3.76. The molecule has 0 spiro atoms. The van der Waals surface area contributed by atoms with Gasteiger partial charge < -0.3 is 0 Å². The van der Waals surface area contributed by atoms with Crippen LogP contribution in [0.15, 0.2) is 29.6 Å². The van der Waals surface area contributed by atoms with Crippen molar-refractivity contribution in [3.05, 3.63) is 56.5 Å². The Morgan fingerprint density at radius 2 is 2.12 bits per heavy atom. The molecule has 0 amide bonds. The molecule has 0 aliphatic rings. The van der Waals surface area contributed by atoms with E-state index >= 15 is 0 Å². The van der Waals surface area contributed by atoms with Crippen LogP contribution >= 0.6 is 22.9 Å². The Morgan fingerprint density at radius 1 is 1.35 bits per heavy atom. The minimum atomic E-state index is -0.434. The predicted octanol–water partition coefficient (Wildman–Crippen LogP) is 3.40. The molecule has 90 valence electrons. The third-order valence-corrected chi connectivity index (χ3v) is 3.71. The lowest BCUT2D eigenvalue weighted by molar-refractivity contribution is 0.606. The van der Waals surface area contributed by atoms with Gasteiger partial charge >= 0.3 is 0 Å². The van der Waals surface area contributed by atoms with Crippen LogP contribution in [-0.2, 0) is 0 Å². The molecule has 3 N–H and O–H groups in total. The monoisotopic (exact) mass is 270 g/mol. The van der Waals surface area contributed by atoms with Crippen LogP contribution in [-0.4, -0.2) is 0 Å². The molecule has 0 bridgehead atoms. The Kier molecular flexibility index (Phi) is 3.79. The number of nitrogens with one attached hydrogen (secondary N) is 1. The first-order valence-electron chi connectivity index (χ1n) is 5.08. The van der Waals surface area contributed by atoms with Gasteiger partial charge in [0.2, 0.25) is 0 Å². The summed E-state index contributed by atoms with van der Waals surface area (Å²) in [4.78, 5) is 1.19. The van der Waals surface area contributed by atoms with Crippen molar-refractivity contribution in [3.63, 3.8) is 0 Å². The van der Waals surface area contributed by atoms with Crippen LogP contribution in [0.2, 0.25) is 5.02 Å². The summed E-state index contributed by atoms with van der Waals surface area (Å²) in [6.45, 7) is 2.02. The fraction of sp³-hybridized carbons (Fsp3) is 0.167. The quantitative estimate of drug-likeness (QED) is 0.663. The standard InChI is InChI=1S/C12H12ClFN2S/c1-7-4-9(6-17-7)12(16-15)8-2-3-10(13)11(14)5-8/h2-6,12,16H,15H2,1H3. The number of thiophene rings is 1. The number of aryl methyl sites for hydroxylation is 1. The number of benzene rings is 1. The molecule has 2 aromatic rings. The summed E-state index contributed by atoms with van der Waals surface area (Å²) < 4.78 is 13.4. The van der Waals surface area contributed by atoms with E-state index in [0.717, 1.165) is 11.1 Å². The van der Waals surface area contributed by atoms with Crippen LogP contribution in [0.5, 0.6) is 0 Å². The highest BCUT2D eigenvalue weighted by Crippen LogP contribution is 2.27. The number of hydrogen-bond donors (Lipinski definition) is 2. The molecule has 0 fully saturated rings. The van der Waals surface area contributed by atoms with Gasteiger partial charge in [0.15, 0.2) is 0 Å². The topological polar surface area (TPSA) is 38.0 Å². The zero-order chi connectivity index (χ0) is 12.4. The van der Waals surface area contributed by atoms with Crippen molar-refractivity contribution in [2.24, 2.45) is 5.84 Å². The lowest BCUT2D eigenvalue weighted by Crippen LogP contribution is -2.28. The van der Waals surface area contributed by atoms with Gasteiger partial charge in [-0.25, -0.2) is 9.82 Å². The van der Waals surface area contributed by atoms with Gasteiger partial charge in [-0.05, 0) is 41.6 Å². The Labute approximate surface area is 108 Å². The van der Waals surface area contributed by atoms with Crippen LogP contribution in [0, 0.1) is 12.7 Å². The molecule has 0 aliphatic carbocycles. The molecule has 2 rings (SSSR count). The van der Waals surface area contributed by atoms with E-state index in [9.17, 15) is 4.39 Å². The Morgan fingerprint density at radius 3 is 2.65 bits per heavy atom. The average molecular weight is 271 g/mol. The molecule has 5 heteroatoms. The van der Waals surface area contributed by atoms with E-state index in [1.807, 2.05) is 18.4 Å². The highest BCUT2D eigenvalue weighted by atomic mass is 35.5. The highest BCUT2D eigenvalue weighted by molar-refractivity contribution is 7.10. The summed E-state index contributed by atoms with van der Waals surface area (Å²) in [7, 11) is 0. The molecule has 2 nitrogen and oxygen atoms in total. The van der Waals surface area contributed by atoms with E-state index in [1.165, 1.54) is 17.0 Å². The predicted molar refractivity (Wildman–Crippen MR) is 69.6 cm³/mol. The number of hydrazine groups is 1. The van der Waals surface area contributed by atoms with Gasteiger partial charge in [0, 0.05) is 4.88 Å². The molecule has 0 radical (unpaired) electrons. The third-order valence-electron chi connectivity index (χ3n) is 2.53. The number of rotatable bonds is 3. The van der Waals surface area contributed by atoms with Crippen LogP contribution in [0.1, 0.15) is 22.0 Å². The van der Waals surface area contributed by atoms with E-state index in [0.29, 0.717) is 0 Å². The minimum Gasteiger partial charge on any atom is -0.271 e. The molecule has 1 atom stereocenters.